The van der Waals surface area contributed by atoms with E-state index in [0.717, 1.165) is 33.7 Å². The van der Waals surface area contributed by atoms with E-state index in [2.05, 4.69) is 4.99 Å². The minimum Gasteiger partial charge on any atom is -0.497 e. The summed E-state index contributed by atoms with van der Waals surface area (Å²) in [4.78, 5) is 19.4. The van der Waals surface area contributed by atoms with Crippen LogP contribution in [0.25, 0.3) is 0 Å². The van der Waals surface area contributed by atoms with E-state index in [-0.39, 0.29) is 19.1 Å². The predicted molar refractivity (Wildman–Crippen MR) is 119 cm³/mol. The van der Waals surface area contributed by atoms with Gasteiger partial charge in [0.15, 0.2) is 0 Å². The molecular formula is C24H21ClN2O3. The molecule has 3 aromatic rings. The maximum absolute atomic E-state index is 13.0. The Hall–Kier alpha value is -3.15. The number of ether oxygens (including phenoxy) is 1. The lowest BCUT2D eigenvalue weighted by Gasteiger charge is -2.23. The number of hydrogen-bond donors (Lipinski definition) is 1. The molecule has 0 bridgehead atoms. The highest BCUT2D eigenvalue weighted by atomic mass is 35.5. The number of nitrogens with zero attached hydrogens (tertiary/aromatic N) is 2. The van der Waals surface area contributed by atoms with Gasteiger partial charge >= 0.3 is 0 Å². The first-order valence-corrected chi connectivity index (χ1v) is 9.94. The summed E-state index contributed by atoms with van der Waals surface area (Å²) in [5.41, 5.74) is 4.95. The molecule has 6 heteroatoms. The van der Waals surface area contributed by atoms with Crippen LogP contribution in [0.4, 0.5) is 5.69 Å². The van der Waals surface area contributed by atoms with Crippen LogP contribution in [0.5, 0.6) is 5.75 Å². The first-order valence-electron chi connectivity index (χ1n) is 9.57. The number of benzodiazepines with no additional fused rings is 1. The van der Waals surface area contributed by atoms with Gasteiger partial charge in [-0.2, -0.15) is 0 Å². The normalized spacial score (nSPS) is 13.5. The number of anilines is 1. The van der Waals surface area contributed by atoms with Crippen LogP contribution in [-0.2, 0) is 17.9 Å². The Bertz CT molecular complexity index is 1090. The number of rotatable bonds is 5. The monoisotopic (exact) mass is 420 g/mol. The number of halogens is 1. The molecule has 3 aromatic carbocycles. The summed E-state index contributed by atoms with van der Waals surface area (Å²) in [7, 11) is 1.62. The maximum Gasteiger partial charge on any atom is 0.248 e. The van der Waals surface area contributed by atoms with E-state index in [1.165, 1.54) is 0 Å². The van der Waals surface area contributed by atoms with Crippen LogP contribution >= 0.6 is 11.6 Å². The average Bonchev–Trinajstić information content (AvgIpc) is 2.91. The molecule has 0 atom stereocenters. The third-order valence-corrected chi connectivity index (χ3v) is 5.32. The molecule has 0 radical (unpaired) electrons. The molecule has 0 unspecified atom stereocenters. The van der Waals surface area contributed by atoms with E-state index in [1.54, 1.807) is 18.1 Å². The molecule has 5 nitrogen and oxygen atoms in total. The van der Waals surface area contributed by atoms with Crippen molar-refractivity contribution in [2.24, 2.45) is 4.99 Å². The van der Waals surface area contributed by atoms with Gasteiger partial charge in [-0.3, -0.25) is 9.79 Å². The maximum atomic E-state index is 13.0. The summed E-state index contributed by atoms with van der Waals surface area (Å²) in [5.74, 6) is 0.682. The van der Waals surface area contributed by atoms with Crippen LogP contribution in [-0.4, -0.2) is 30.4 Å². The van der Waals surface area contributed by atoms with Gasteiger partial charge in [-0.1, -0.05) is 48.0 Å². The third kappa shape index (κ3) is 4.08. The predicted octanol–water partition coefficient (Wildman–Crippen LogP) is 4.23. The van der Waals surface area contributed by atoms with Gasteiger partial charge < -0.3 is 14.7 Å². The highest BCUT2D eigenvalue weighted by Gasteiger charge is 2.25. The van der Waals surface area contributed by atoms with Gasteiger partial charge in [0.25, 0.3) is 0 Å². The smallest absolute Gasteiger partial charge is 0.248 e. The lowest BCUT2D eigenvalue weighted by Crippen LogP contribution is -2.31. The highest BCUT2D eigenvalue weighted by Crippen LogP contribution is 2.31. The number of benzene rings is 3. The van der Waals surface area contributed by atoms with E-state index in [0.29, 0.717) is 17.3 Å². The van der Waals surface area contributed by atoms with E-state index < -0.39 is 0 Å². The lowest BCUT2D eigenvalue weighted by atomic mass is 9.99. The number of methoxy groups -OCH3 is 1. The third-order valence-electron chi connectivity index (χ3n) is 5.09. The van der Waals surface area contributed by atoms with Crippen molar-refractivity contribution in [3.8, 4) is 5.75 Å². The fraction of sp³-hybridized carbons (Fsp3) is 0.167. The van der Waals surface area contributed by atoms with Gasteiger partial charge in [0.05, 0.1) is 31.7 Å². The number of hydrogen-bond acceptors (Lipinski definition) is 4. The summed E-state index contributed by atoms with van der Waals surface area (Å²) in [6, 6.07) is 20.6. The number of aliphatic hydroxyl groups is 1. The Labute approximate surface area is 180 Å². The molecule has 1 aliphatic heterocycles. The Balaban J connectivity index is 1.75. The first kappa shape index (κ1) is 20.1. The van der Waals surface area contributed by atoms with Crippen molar-refractivity contribution in [2.45, 2.75) is 13.2 Å². The number of amides is 1. The number of carbonyl (C=O) groups excluding carboxylic acids is 1. The highest BCUT2D eigenvalue weighted by molar-refractivity contribution is 6.32. The standard InChI is InChI=1S/C24H21ClN2O3/c1-30-20-9-4-16(5-10-20)14-27-22-11-8-19(25)12-21(22)24(26-13-23(27)29)18-6-2-17(15-28)3-7-18/h2-12,28H,13-15H2,1H3. The largest absolute Gasteiger partial charge is 0.497 e. The van der Waals surface area contributed by atoms with Crippen molar-refractivity contribution >= 4 is 28.9 Å². The summed E-state index contributed by atoms with van der Waals surface area (Å²) in [6.45, 7) is 0.437. The molecule has 1 heterocycles. The summed E-state index contributed by atoms with van der Waals surface area (Å²) >= 11 is 6.30. The molecule has 1 N–H and O–H groups in total. The van der Waals surface area contributed by atoms with E-state index in [4.69, 9.17) is 16.3 Å². The molecule has 0 saturated heterocycles. The zero-order chi connectivity index (χ0) is 21.1. The molecule has 0 aliphatic carbocycles. The molecular weight excluding hydrogens is 400 g/mol. The van der Waals surface area contributed by atoms with E-state index in [9.17, 15) is 9.90 Å². The van der Waals surface area contributed by atoms with E-state index >= 15 is 0 Å². The Morgan fingerprint density at radius 1 is 1.03 bits per heavy atom. The van der Waals surface area contributed by atoms with Crippen LogP contribution in [0.1, 0.15) is 22.3 Å². The molecule has 0 fully saturated rings. The SMILES string of the molecule is COc1ccc(CN2C(=O)CN=C(c3ccc(CO)cc3)c3cc(Cl)ccc32)cc1. The quantitative estimate of drug-likeness (QED) is 0.672. The van der Waals surface area contributed by atoms with Crippen molar-refractivity contribution in [3.63, 3.8) is 0 Å². The summed E-state index contributed by atoms with van der Waals surface area (Å²) < 4.78 is 5.22. The fourth-order valence-electron chi connectivity index (χ4n) is 3.49. The molecule has 1 amide bonds. The second-order valence-corrected chi connectivity index (χ2v) is 7.45. The van der Waals surface area contributed by atoms with E-state index in [1.807, 2.05) is 60.7 Å². The fourth-order valence-corrected chi connectivity index (χ4v) is 3.66. The van der Waals surface area contributed by atoms with Gasteiger partial charge in [0, 0.05) is 16.1 Å². The Morgan fingerprint density at radius 3 is 2.40 bits per heavy atom. The zero-order valence-electron chi connectivity index (χ0n) is 16.5. The molecule has 4 rings (SSSR count). The van der Waals surface area contributed by atoms with Crippen LogP contribution in [0.2, 0.25) is 5.02 Å². The molecule has 0 spiro atoms. The van der Waals surface area contributed by atoms with Gasteiger partial charge in [0.2, 0.25) is 5.91 Å². The minimum absolute atomic E-state index is 0.0245. The average molecular weight is 421 g/mol. The van der Waals surface area contributed by atoms with Crippen molar-refractivity contribution in [1.29, 1.82) is 0 Å². The van der Waals surface area contributed by atoms with Gasteiger partial charge in [-0.15, -0.1) is 0 Å². The molecule has 30 heavy (non-hydrogen) atoms. The van der Waals surface area contributed by atoms with Gasteiger partial charge in [0.1, 0.15) is 12.3 Å². The minimum atomic E-state index is -0.0867. The number of carbonyl (C=O) groups is 1. The topological polar surface area (TPSA) is 62.1 Å². The zero-order valence-corrected chi connectivity index (χ0v) is 17.3. The van der Waals surface area contributed by atoms with Crippen molar-refractivity contribution in [1.82, 2.24) is 0 Å². The molecule has 152 valence electrons. The van der Waals surface area contributed by atoms with Crippen molar-refractivity contribution in [3.05, 3.63) is 94.0 Å². The van der Waals surface area contributed by atoms with Crippen LogP contribution in [0, 0.1) is 0 Å². The second-order valence-electron chi connectivity index (χ2n) is 7.01. The molecule has 0 saturated carbocycles. The van der Waals surface area contributed by atoms with Crippen molar-refractivity contribution in [2.75, 3.05) is 18.6 Å². The van der Waals surface area contributed by atoms with Crippen molar-refractivity contribution < 1.29 is 14.6 Å². The van der Waals surface area contributed by atoms with Crippen LogP contribution < -0.4 is 9.64 Å². The van der Waals surface area contributed by atoms with Crippen LogP contribution in [0.15, 0.2) is 71.7 Å². The first-order chi connectivity index (χ1) is 14.6. The number of aliphatic hydroxyl groups excluding tert-OH is 1. The summed E-state index contributed by atoms with van der Waals surface area (Å²) in [5, 5.41) is 9.89. The second kappa shape index (κ2) is 8.69. The number of fused-ring (bicyclic) bond motifs is 1. The molecule has 0 aromatic heterocycles. The van der Waals surface area contributed by atoms with Crippen LogP contribution in [0.3, 0.4) is 0 Å². The lowest BCUT2D eigenvalue weighted by molar-refractivity contribution is -0.117. The van der Waals surface area contributed by atoms with Gasteiger partial charge in [-0.25, -0.2) is 0 Å². The Morgan fingerprint density at radius 2 is 1.73 bits per heavy atom. The Kier molecular flexibility index (Phi) is 5.84. The summed E-state index contributed by atoms with van der Waals surface area (Å²) in [6.07, 6.45) is 0. The molecule has 1 aliphatic rings. The number of aliphatic imine (C=N–C) groups is 1. The van der Waals surface area contributed by atoms with Gasteiger partial charge in [-0.05, 0) is 41.5 Å².